The van der Waals surface area contributed by atoms with Gasteiger partial charge in [-0.05, 0) is 18.6 Å². The predicted molar refractivity (Wildman–Crippen MR) is 84.1 cm³/mol. The molecule has 22 heavy (non-hydrogen) atoms. The van der Waals surface area contributed by atoms with E-state index in [2.05, 4.69) is 38.7 Å². The summed E-state index contributed by atoms with van der Waals surface area (Å²) in [6, 6.07) is 10.2. The summed E-state index contributed by atoms with van der Waals surface area (Å²) in [4.78, 5) is 4.32. The van der Waals surface area contributed by atoms with E-state index >= 15 is 0 Å². The first kappa shape index (κ1) is 12.8. The lowest BCUT2D eigenvalue weighted by atomic mass is 10.0. The van der Waals surface area contributed by atoms with E-state index < -0.39 is 0 Å². The second-order valence-corrected chi connectivity index (χ2v) is 5.39. The maximum absolute atomic E-state index is 4.45. The van der Waals surface area contributed by atoms with Crippen molar-refractivity contribution >= 4 is 11.6 Å². The first-order valence-electron chi connectivity index (χ1n) is 7.16. The Kier molecular flexibility index (Phi) is 2.82. The van der Waals surface area contributed by atoms with Crippen molar-refractivity contribution in [3.8, 4) is 0 Å². The van der Waals surface area contributed by atoms with Crippen LogP contribution in [0, 0.1) is 6.92 Å². The Balaban J connectivity index is 1.85. The van der Waals surface area contributed by atoms with Crippen LogP contribution in [0.3, 0.4) is 0 Å². The Morgan fingerprint density at radius 3 is 2.73 bits per heavy atom. The average Bonchev–Trinajstić information content (AvgIpc) is 3.13. The highest BCUT2D eigenvalue weighted by Gasteiger charge is 2.25. The van der Waals surface area contributed by atoms with Gasteiger partial charge in [0.05, 0.1) is 5.69 Å². The van der Waals surface area contributed by atoms with Gasteiger partial charge in [-0.2, -0.15) is 15.2 Å². The Labute approximate surface area is 128 Å². The van der Waals surface area contributed by atoms with Crippen LogP contribution in [-0.2, 0) is 7.05 Å². The van der Waals surface area contributed by atoms with Crippen molar-refractivity contribution in [1.29, 1.82) is 0 Å². The number of rotatable bonds is 2. The summed E-state index contributed by atoms with van der Waals surface area (Å²) < 4.78 is 3.72. The number of fused-ring (bicyclic) bond motifs is 1. The number of anilines is 1. The zero-order valence-corrected chi connectivity index (χ0v) is 12.4. The van der Waals surface area contributed by atoms with E-state index in [1.165, 1.54) is 0 Å². The molecule has 0 saturated carbocycles. The number of nitrogens with one attached hydrogen (secondary N) is 1. The molecule has 6 heteroatoms. The van der Waals surface area contributed by atoms with Crippen LogP contribution in [0.1, 0.15) is 22.9 Å². The van der Waals surface area contributed by atoms with Crippen molar-refractivity contribution < 1.29 is 0 Å². The Morgan fingerprint density at radius 1 is 1.18 bits per heavy atom. The molecule has 4 rings (SSSR count). The Bertz CT molecular complexity index is 843. The minimum atomic E-state index is -0.0114. The average molecular weight is 292 g/mol. The maximum Gasteiger partial charge on any atom is 0.226 e. The van der Waals surface area contributed by atoms with Crippen LogP contribution in [0.5, 0.6) is 0 Å². The van der Waals surface area contributed by atoms with Gasteiger partial charge in [-0.15, -0.1) is 0 Å². The van der Waals surface area contributed by atoms with E-state index in [4.69, 9.17) is 0 Å². The molecule has 0 fully saturated rings. The zero-order chi connectivity index (χ0) is 15.1. The van der Waals surface area contributed by atoms with Gasteiger partial charge >= 0.3 is 0 Å². The van der Waals surface area contributed by atoms with Gasteiger partial charge in [-0.1, -0.05) is 30.3 Å². The van der Waals surface area contributed by atoms with E-state index in [1.807, 2.05) is 47.7 Å². The van der Waals surface area contributed by atoms with Crippen LogP contribution in [0.2, 0.25) is 0 Å². The number of nitrogens with zero attached hydrogens (tertiary/aromatic N) is 5. The first-order chi connectivity index (χ1) is 10.7. The summed E-state index contributed by atoms with van der Waals surface area (Å²) in [5, 5.41) is 12.1. The van der Waals surface area contributed by atoms with Gasteiger partial charge in [0.2, 0.25) is 5.95 Å². The third-order valence-corrected chi connectivity index (χ3v) is 3.86. The van der Waals surface area contributed by atoms with E-state index in [-0.39, 0.29) is 6.04 Å². The molecule has 6 nitrogen and oxygen atoms in total. The monoisotopic (exact) mass is 292 g/mol. The lowest BCUT2D eigenvalue weighted by Gasteiger charge is -2.23. The molecule has 3 heterocycles. The Hall–Kier alpha value is -2.89. The van der Waals surface area contributed by atoms with Crippen molar-refractivity contribution in [2.45, 2.75) is 13.0 Å². The lowest BCUT2D eigenvalue weighted by molar-refractivity contribution is 0.609. The SMILES string of the molecule is Cc1nn(C)cc1[C@@H]1C=C(c2ccccc2)Nc2ncnn21. The Morgan fingerprint density at radius 2 is 2.00 bits per heavy atom. The fourth-order valence-corrected chi connectivity index (χ4v) is 2.85. The summed E-state index contributed by atoms with van der Waals surface area (Å²) in [7, 11) is 1.93. The van der Waals surface area contributed by atoms with Crippen molar-refractivity contribution in [2.24, 2.45) is 7.05 Å². The summed E-state index contributed by atoms with van der Waals surface area (Å²) >= 11 is 0. The highest BCUT2D eigenvalue weighted by molar-refractivity contribution is 5.77. The largest absolute Gasteiger partial charge is 0.324 e. The van der Waals surface area contributed by atoms with Crippen molar-refractivity contribution in [2.75, 3.05) is 5.32 Å². The van der Waals surface area contributed by atoms with Crippen LogP contribution < -0.4 is 5.32 Å². The molecular weight excluding hydrogens is 276 g/mol. The molecule has 0 bridgehead atoms. The van der Waals surface area contributed by atoms with E-state index in [0.29, 0.717) is 0 Å². The van der Waals surface area contributed by atoms with Gasteiger partial charge in [-0.25, -0.2) is 4.68 Å². The van der Waals surface area contributed by atoms with Gasteiger partial charge in [-0.3, -0.25) is 4.68 Å². The molecule has 1 atom stereocenters. The van der Waals surface area contributed by atoms with E-state index in [9.17, 15) is 0 Å². The fraction of sp³-hybridized carbons (Fsp3) is 0.188. The van der Waals surface area contributed by atoms with Gasteiger partial charge in [0.15, 0.2) is 0 Å². The molecule has 0 amide bonds. The lowest BCUT2D eigenvalue weighted by Crippen LogP contribution is -2.20. The van der Waals surface area contributed by atoms with Crippen LogP contribution in [0.4, 0.5) is 5.95 Å². The van der Waals surface area contributed by atoms with Gasteiger partial charge in [0.1, 0.15) is 12.4 Å². The number of aryl methyl sites for hydroxylation is 2. The number of aromatic nitrogens is 5. The molecule has 1 N–H and O–H groups in total. The smallest absolute Gasteiger partial charge is 0.226 e. The first-order valence-corrected chi connectivity index (χ1v) is 7.16. The second-order valence-electron chi connectivity index (χ2n) is 5.39. The van der Waals surface area contributed by atoms with Crippen molar-refractivity contribution in [3.63, 3.8) is 0 Å². The normalized spacial score (nSPS) is 16.8. The highest BCUT2D eigenvalue weighted by Crippen LogP contribution is 2.32. The molecule has 1 aromatic carbocycles. The summed E-state index contributed by atoms with van der Waals surface area (Å²) in [5.74, 6) is 0.745. The van der Waals surface area contributed by atoms with Gasteiger partial charge in [0.25, 0.3) is 0 Å². The predicted octanol–water partition coefficient (Wildman–Crippen LogP) is 2.38. The summed E-state index contributed by atoms with van der Waals surface area (Å²) in [6.45, 7) is 2.02. The third-order valence-electron chi connectivity index (χ3n) is 3.86. The number of benzene rings is 1. The molecular formula is C16H16N6. The molecule has 0 aliphatic carbocycles. The van der Waals surface area contributed by atoms with E-state index in [0.717, 1.165) is 28.5 Å². The van der Waals surface area contributed by atoms with Crippen molar-refractivity contribution in [3.05, 3.63) is 65.8 Å². The third kappa shape index (κ3) is 2.00. The fourth-order valence-electron chi connectivity index (χ4n) is 2.85. The summed E-state index contributed by atoms with van der Waals surface area (Å²) in [6.07, 6.45) is 5.78. The van der Waals surface area contributed by atoms with Crippen molar-refractivity contribution in [1.82, 2.24) is 24.5 Å². The van der Waals surface area contributed by atoms with Crippen LogP contribution in [0.15, 0.2) is 48.9 Å². The molecule has 110 valence electrons. The standard InChI is InChI=1S/C16H16N6/c1-11-13(9-21(2)20-11)15-8-14(12-6-4-3-5-7-12)19-16-17-10-18-22(15)16/h3-10,15H,1-2H3,(H,17,18,19)/t15-/m0/s1. The van der Waals surface area contributed by atoms with E-state index in [1.54, 1.807) is 6.33 Å². The van der Waals surface area contributed by atoms with Gasteiger partial charge in [0, 0.05) is 24.5 Å². The summed E-state index contributed by atoms with van der Waals surface area (Å²) in [5.41, 5.74) is 4.29. The topological polar surface area (TPSA) is 60.6 Å². The second kappa shape index (κ2) is 4.84. The molecule has 0 saturated heterocycles. The molecule has 1 aliphatic heterocycles. The zero-order valence-electron chi connectivity index (χ0n) is 12.4. The van der Waals surface area contributed by atoms with Crippen LogP contribution in [-0.4, -0.2) is 24.5 Å². The molecule has 2 aromatic heterocycles. The van der Waals surface area contributed by atoms with Gasteiger partial charge < -0.3 is 5.32 Å². The number of hydrogen-bond acceptors (Lipinski definition) is 4. The quantitative estimate of drug-likeness (QED) is 0.788. The van der Waals surface area contributed by atoms with Crippen LogP contribution >= 0.6 is 0 Å². The molecule has 3 aromatic rings. The molecule has 0 radical (unpaired) electrons. The molecule has 0 unspecified atom stereocenters. The minimum absolute atomic E-state index is 0.0114. The maximum atomic E-state index is 4.45. The molecule has 1 aliphatic rings. The molecule has 0 spiro atoms. The number of hydrogen-bond donors (Lipinski definition) is 1. The van der Waals surface area contributed by atoms with Crippen LogP contribution in [0.25, 0.3) is 5.70 Å². The number of allylic oxidation sites excluding steroid dienone is 1. The highest BCUT2D eigenvalue weighted by atomic mass is 15.4. The minimum Gasteiger partial charge on any atom is -0.324 e.